The van der Waals surface area contributed by atoms with E-state index < -0.39 is 4.92 Å². The molecule has 0 saturated carbocycles. The number of aromatic nitrogens is 2. The highest BCUT2D eigenvalue weighted by Crippen LogP contribution is 2.35. The summed E-state index contributed by atoms with van der Waals surface area (Å²) in [6.45, 7) is 0. The smallest absolute Gasteiger partial charge is 0.269 e. The van der Waals surface area contributed by atoms with Gasteiger partial charge in [0.2, 0.25) is 5.78 Å². The topological polar surface area (TPSA) is 87.3 Å². The summed E-state index contributed by atoms with van der Waals surface area (Å²) in [7, 11) is 0. The fraction of sp³-hybridized carbons (Fsp3) is 0. The third kappa shape index (κ3) is 3.55. The Morgan fingerprint density at radius 3 is 2.50 bits per heavy atom. The van der Waals surface area contributed by atoms with Crippen molar-refractivity contribution in [1.82, 2.24) is 9.78 Å². The van der Waals surface area contributed by atoms with Crippen molar-refractivity contribution in [1.29, 1.82) is 0 Å². The van der Waals surface area contributed by atoms with Crippen molar-refractivity contribution < 1.29 is 14.5 Å². The molecule has 0 spiro atoms. The van der Waals surface area contributed by atoms with Crippen molar-refractivity contribution >= 4 is 29.1 Å². The molecule has 4 aromatic rings. The lowest BCUT2D eigenvalue weighted by Crippen LogP contribution is -1.98. The van der Waals surface area contributed by atoms with Crippen molar-refractivity contribution in [3.63, 3.8) is 0 Å². The van der Waals surface area contributed by atoms with Gasteiger partial charge in [0.15, 0.2) is 5.76 Å². The Kier molecular flexibility index (Phi) is 4.80. The molecule has 0 atom stereocenters. The highest BCUT2D eigenvalue weighted by Gasteiger charge is 2.28. The van der Waals surface area contributed by atoms with Gasteiger partial charge in [0.1, 0.15) is 11.4 Å². The summed E-state index contributed by atoms with van der Waals surface area (Å²) in [5.74, 6) is 0.363. The normalized spacial score (nSPS) is 13.8. The average molecular weight is 444 g/mol. The fourth-order valence-electron chi connectivity index (χ4n) is 3.48. The molecule has 0 N–H and O–H groups in total. The van der Waals surface area contributed by atoms with Crippen LogP contribution >= 0.6 is 11.6 Å². The lowest BCUT2D eigenvalue weighted by molar-refractivity contribution is -0.384. The van der Waals surface area contributed by atoms with Gasteiger partial charge in [-0.25, -0.2) is 4.68 Å². The predicted molar refractivity (Wildman–Crippen MR) is 120 cm³/mol. The summed E-state index contributed by atoms with van der Waals surface area (Å²) in [5, 5.41) is 16.1. The van der Waals surface area contributed by atoms with Crippen molar-refractivity contribution in [3.05, 3.63) is 111 Å². The molecule has 0 bridgehead atoms. The summed E-state index contributed by atoms with van der Waals surface area (Å²) < 4.78 is 7.38. The van der Waals surface area contributed by atoms with Gasteiger partial charge in [-0.1, -0.05) is 41.9 Å². The molecular weight excluding hydrogens is 430 g/mol. The van der Waals surface area contributed by atoms with Gasteiger partial charge < -0.3 is 4.74 Å². The zero-order chi connectivity index (χ0) is 22.2. The third-order valence-corrected chi connectivity index (χ3v) is 5.27. The number of nitro groups is 1. The maximum absolute atomic E-state index is 12.8. The van der Waals surface area contributed by atoms with E-state index in [1.807, 2.05) is 30.3 Å². The van der Waals surface area contributed by atoms with Crippen LogP contribution in [0.4, 0.5) is 5.69 Å². The van der Waals surface area contributed by atoms with E-state index in [2.05, 4.69) is 5.10 Å². The molecule has 0 fully saturated rings. The molecule has 3 aromatic carbocycles. The summed E-state index contributed by atoms with van der Waals surface area (Å²) in [6.07, 6.45) is 3.40. The standard InChI is InChI=1S/C24H14ClN3O4/c25-17-6-11-21-20(13-17)24(29)22(32-21)12-16-14-27(18-7-9-19(10-8-18)28(30)31)26-23(16)15-4-2-1-3-5-15/h1-14H/b22-12-. The van der Waals surface area contributed by atoms with E-state index in [4.69, 9.17) is 16.3 Å². The number of rotatable bonds is 4. The second kappa shape index (κ2) is 7.79. The van der Waals surface area contributed by atoms with Crippen LogP contribution in [0.15, 0.2) is 84.8 Å². The number of ketones is 1. The van der Waals surface area contributed by atoms with Gasteiger partial charge in [-0.15, -0.1) is 0 Å². The van der Waals surface area contributed by atoms with Gasteiger partial charge in [0.05, 0.1) is 16.2 Å². The quantitative estimate of drug-likeness (QED) is 0.229. The molecule has 5 rings (SSSR count). The molecule has 0 saturated heterocycles. The summed E-state index contributed by atoms with van der Waals surface area (Å²) in [6, 6.07) is 20.5. The van der Waals surface area contributed by atoms with Crippen molar-refractivity contribution in [2.24, 2.45) is 0 Å². The Bertz CT molecular complexity index is 1390. The van der Waals surface area contributed by atoms with Crippen LogP contribution in [0.2, 0.25) is 5.02 Å². The Morgan fingerprint density at radius 1 is 1.03 bits per heavy atom. The minimum atomic E-state index is -0.453. The fourth-order valence-corrected chi connectivity index (χ4v) is 3.65. The zero-order valence-electron chi connectivity index (χ0n) is 16.4. The van der Waals surface area contributed by atoms with Gasteiger partial charge in [0, 0.05) is 34.5 Å². The molecule has 1 aromatic heterocycles. The molecule has 32 heavy (non-hydrogen) atoms. The van der Waals surface area contributed by atoms with E-state index in [9.17, 15) is 14.9 Å². The Hall–Kier alpha value is -4.23. The maximum atomic E-state index is 12.8. The van der Waals surface area contributed by atoms with Crippen molar-refractivity contribution in [3.8, 4) is 22.7 Å². The molecule has 8 heteroatoms. The maximum Gasteiger partial charge on any atom is 0.269 e. The molecule has 1 aliphatic rings. The zero-order valence-corrected chi connectivity index (χ0v) is 17.2. The first kappa shape index (κ1) is 19.7. The molecule has 0 amide bonds. The van der Waals surface area contributed by atoms with Crippen LogP contribution in [0.25, 0.3) is 23.0 Å². The number of allylic oxidation sites excluding steroid dienone is 1. The van der Waals surface area contributed by atoms with Crippen LogP contribution < -0.4 is 4.74 Å². The number of ether oxygens (including phenoxy) is 1. The molecule has 1 aliphatic heterocycles. The van der Waals surface area contributed by atoms with Crippen LogP contribution in [0.1, 0.15) is 15.9 Å². The van der Waals surface area contributed by atoms with E-state index in [0.717, 1.165) is 5.56 Å². The SMILES string of the molecule is O=C1/C(=C/c2cn(-c3ccc([N+](=O)[O-])cc3)nc2-c2ccccc2)Oc2ccc(Cl)cc21. The minimum absolute atomic E-state index is 0.00657. The van der Waals surface area contributed by atoms with Crippen LogP contribution in [-0.2, 0) is 0 Å². The van der Waals surface area contributed by atoms with E-state index in [1.54, 1.807) is 47.3 Å². The number of fused-ring (bicyclic) bond motifs is 1. The van der Waals surface area contributed by atoms with Gasteiger partial charge in [-0.3, -0.25) is 14.9 Å². The Balaban J connectivity index is 1.59. The van der Waals surface area contributed by atoms with Crippen molar-refractivity contribution in [2.75, 3.05) is 0 Å². The minimum Gasteiger partial charge on any atom is -0.452 e. The molecule has 156 valence electrons. The lowest BCUT2D eigenvalue weighted by Gasteiger charge is -2.01. The first-order valence-corrected chi connectivity index (χ1v) is 10.0. The summed E-state index contributed by atoms with van der Waals surface area (Å²) in [5.41, 5.74) is 3.21. The number of carbonyl (C=O) groups excluding carboxylic acids is 1. The number of Topliss-reactive ketones (excluding diaryl/α,β-unsaturated/α-hetero) is 1. The number of benzene rings is 3. The van der Waals surface area contributed by atoms with Gasteiger partial charge in [0.25, 0.3) is 5.69 Å². The van der Waals surface area contributed by atoms with E-state index in [1.165, 1.54) is 12.1 Å². The number of nitro benzene ring substituents is 1. The number of nitrogens with zero attached hydrogens (tertiary/aromatic N) is 3. The summed E-state index contributed by atoms with van der Waals surface area (Å²) >= 11 is 6.02. The first-order chi connectivity index (χ1) is 15.5. The van der Waals surface area contributed by atoms with Gasteiger partial charge in [-0.05, 0) is 36.4 Å². The number of carbonyl (C=O) groups is 1. The van der Waals surface area contributed by atoms with E-state index in [0.29, 0.717) is 33.3 Å². The number of hydrogen-bond donors (Lipinski definition) is 0. The average Bonchev–Trinajstić information content (AvgIpc) is 3.36. The molecule has 2 heterocycles. The van der Waals surface area contributed by atoms with Crippen LogP contribution in [-0.4, -0.2) is 20.5 Å². The molecule has 0 aliphatic carbocycles. The monoisotopic (exact) mass is 443 g/mol. The number of hydrogen-bond acceptors (Lipinski definition) is 5. The molecule has 0 unspecified atom stereocenters. The second-order valence-corrected chi connectivity index (χ2v) is 7.53. The second-order valence-electron chi connectivity index (χ2n) is 7.10. The third-order valence-electron chi connectivity index (χ3n) is 5.03. The van der Waals surface area contributed by atoms with Crippen LogP contribution in [0.3, 0.4) is 0 Å². The molecule has 0 radical (unpaired) electrons. The number of non-ortho nitro benzene ring substituents is 1. The first-order valence-electron chi connectivity index (χ1n) is 9.63. The van der Waals surface area contributed by atoms with Crippen molar-refractivity contribution in [2.45, 2.75) is 0 Å². The lowest BCUT2D eigenvalue weighted by atomic mass is 10.1. The highest BCUT2D eigenvalue weighted by molar-refractivity contribution is 6.31. The molecular formula is C24H14ClN3O4. The Morgan fingerprint density at radius 2 is 1.78 bits per heavy atom. The highest BCUT2D eigenvalue weighted by atomic mass is 35.5. The molecule has 7 nitrogen and oxygen atoms in total. The predicted octanol–water partition coefficient (Wildman–Crippen LogP) is 5.72. The largest absolute Gasteiger partial charge is 0.452 e. The van der Waals surface area contributed by atoms with Gasteiger partial charge in [-0.2, -0.15) is 5.10 Å². The summed E-state index contributed by atoms with van der Waals surface area (Å²) in [4.78, 5) is 23.3. The van der Waals surface area contributed by atoms with E-state index >= 15 is 0 Å². The van der Waals surface area contributed by atoms with Gasteiger partial charge >= 0.3 is 0 Å². The van der Waals surface area contributed by atoms with Crippen LogP contribution in [0.5, 0.6) is 5.75 Å². The van der Waals surface area contributed by atoms with Crippen LogP contribution in [0, 0.1) is 10.1 Å². The van der Waals surface area contributed by atoms with E-state index in [-0.39, 0.29) is 17.2 Å². The Labute approximate surface area is 187 Å². The number of halogens is 1.